The topological polar surface area (TPSA) is 66.6 Å². The van der Waals surface area contributed by atoms with Crippen LogP contribution in [-0.2, 0) is 4.79 Å². The highest BCUT2D eigenvalue weighted by Gasteiger charge is 2.30. The highest BCUT2D eigenvalue weighted by atomic mass is 16.4. The van der Waals surface area contributed by atoms with Crippen LogP contribution in [0.2, 0.25) is 0 Å². The molecule has 1 aromatic rings. The predicted octanol–water partition coefficient (Wildman–Crippen LogP) is 2.98. The van der Waals surface area contributed by atoms with Crippen molar-refractivity contribution >= 4 is 17.3 Å². The number of benzene rings is 1. The zero-order valence-corrected chi connectivity index (χ0v) is 12.2. The normalized spacial score (nSPS) is 26.2. The van der Waals surface area contributed by atoms with E-state index in [0.29, 0.717) is 17.5 Å². The van der Waals surface area contributed by atoms with Gasteiger partial charge in [-0.15, -0.1) is 0 Å². The summed E-state index contributed by atoms with van der Waals surface area (Å²) >= 11 is 0. The van der Waals surface area contributed by atoms with Gasteiger partial charge in [-0.2, -0.15) is 0 Å². The zero-order chi connectivity index (χ0) is 14.7. The van der Waals surface area contributed by atoms with Gasteiger partial charge in [0.25, 0.3) is 0 Å². The fraction of sp³-hybridized carbons (Fsp3) is 0.562. The first-order valence-electron chi connectivity index (χ1n) is 7.30. The van der Waals surface area contributed by atoms with Crippen LogP contribution in [0.5, 0.6) is 0 Å². The summed E-state index contributed by atoms with van der Waals surface area (Å²) in [7, 11) is 0. The van der Waals surface area contributed by atoms with Crippen LogP contribution in [0, 0.1) is 11.8 Å². The molecule has 110 valence electrons. The monoisotopic (exact) mass is 276 g/mol. The Bertz CT molecular complexity index is 465. The lowest BCUT2D eigenvalue weighted by Crippen LogP contribution is -2.43. The molecular formula is C16H24N2O2. The van der Waals surface area contributed by atoms with Crippen molar-refractivity contribution in [1.82, 2.24) is 0 Å². The van der Waals surface area contributed by atoms with Crippen LogP contribution in [0.15, 0.2) is 24.3 Å². The predicted molar refractivity (Wildman–Crippen MR) is 81.8 cm³/mol. The Labute approximate surface area is 120 Å². The van der Waals surface area contributed by atoms with E-state index >= 15 is 0 Å². The molecule has 4 nitrogen and oxygen atoms in total. The maximum Gasteiger partial charge on any atom is 0.323 e. The number of nitrogens with two attached hydrogens (primary N) is 1. The Morgan fingerprint density at radius 1 is 1.25 bits per heavy atom. The zero-order valence-electron chi connectivity index (χ0n) is 12.2. The van der Waals surface area contributed by atoms with E-state index in [2.05, 4.69) is 13.8 Å². The minimum Gasteiger partial charge on any atom is -0.480 e. The van der Waals surface area contributed by atoms with Crippen molar-refractivity contribution in [2.24, 2.45) is 11.8 Å². The number of carbonyl (C=O) groups is 1. The molecule has 1 aromatic carbocycles. The molecule has 0 aromatic heterocycles. The first kappa shape index (κ1) is 14.7. The number of hydrogen-bond acceptors (Lipinski definition) is 3. The first-order valence-corrected chi connectivity index (χ1v) is 7.30. The fourth-order valence-electron chi connectivity index (χ4n) is 3.46. The Kier molecular flexibility index (Phi) is 4.53. The summed E-state index contributed by atoms with van der Waals surface area (Å²) in [5, 5.41) is 9.22. The van der Waals surface area contributed by atoms with E-state index in [0.717, 1.165) is 18.5 Å². The van der Waals surface area contributed by atoms with Crippen LogP contribution < -0.4 is 10.6 Å². The molecule has 0 bridgehead atoms. The number of para-hydroxylation sites is 2. The molecule has 2 rings (SSSR count). The summed E-state index contributed by atoms with van der Waals surface area (Å²) in [6.07, 6.45) is 3.29. The van der Waals surface area contributed by atoms with Gasteiger partial charge in [0.1, 0.15) is 6.54 Å². The third-order valence-corrected chi connectivity index (χ3v) is 4.15. The summed E-state index contributed by atoms with van der Waals surface area (Å²) in [6.45, 7) is 4.50. The molecule has 2 atom stereocenters. The molecule has 0 aliphatic heterocycles. The summed E-state index contributed by atoms with van der Waals surface area (Å²) in [4.78, 5) is 13.2. The number of aliphatic carboxylic acids is 1. The average molecular weight is 276 g/mol. The standard InChI is InChI=1S/C16H24N2O2/c1-11-7-12(2)9-13(8-11)18(10-16(19)20)15-6-4-3-5-14(15)17/h3-6,11-13H,7-10,17H2,1-2H3,(H,19,20). The van der Waals surface area contributed by atoms with Gasteiger partial charge in [0, 0.05) is 6.04 Å². The van der Waals surface area contributed by atoms with Crippen molar-refractivity contribution in [3.8, 4) is 0 Å². The minimum atomic E-state index is -0.806. The smallest absolute Gasteiger partial charge is 0.323 e. The van der Waals surface area contributed by atoms with E-state index in [-0.39, 0.29) is 12.6 Å². The quantitative estimate of drug-likeness (QED) is 0.830. The molecule has 4 heteroatoms. The van der Waals surface area contributed by atoms with Crippen molar-refractivity contribution in [2.45, 2.75) is 39.2 Å². The fourth-order valence-corrected chi connectivity index (χ4v) is 3.46. The van der Waals surface area contributed by atoms with Gasteiger partial charge in [-0.05, 0) is 43.2 Å². The summed E-state index contributed by atoms with van der Waals surface area (Å²) < 4.78 is 0. The number of nitrogens with zero attached hydrogens (tertiary/aromatic N) is 1. The lowest BCUT2D eigenvalue weighted by atomic mass is 9.79. The number of anilines is 2. The van der Waals surface area contributed by atoms with Crippen molar-refractivity contribution < 1.29 is 9.90 Å². The molecule has 2 unspecified atom stereocenters. The van der Waals surface area contributed by atoms with E-state index in [1.54, 1.807) is 0 Å². The van der Waals surface area contributed by atoms with Gasteiger partial charge in [0.2, 0.25) is 0 Å². The van der Waals surface area contributed by atoms with Crippen LogP contribution in [0.25, 0.3) is 0 Å². The van der Waals surface area contributed by atoms with E-state index < -0.39 is 5.97 Å². The number of rotatable bonds is 4. The molecule has 0 saturated heterocycles. The van der Waals surface area contributed by atoms with Gasteiger partial charge in [0.15, 0.2) is 0 Å². The van der Waals surface area contributed by atoms with Gasteiger partial charge in [-0.1, -0.05) is 26.0 Å². The summed E-state index contributed by atoms with van der Waals surface area (Å²) in [6, 6.07) is 7.80. The van der Waals surface area contributed by atoms with Crippen molar-refractivity contribution in [3.63, 3.8) is 0 Å². The Hall–Kier alpha value is -1.71. The molecule has 1 aliphatic carbocycles. The third kappa shape index (κ3) is 3.44. The second-order valence-corrected chi connectivity index (χ2v) is 6.15. The van der Waals surface area contributed by atoms with Crippen LogP contribution in [0.1, 0.15) is 33.1 Å². The molecule has 1 fully saturated rings. The molecule has 1 saturated carbocycles. The first-order chi connectivity index (χ1) is 9.47. The van der Waals surface area contributed by atoms with E-state index in [9.17, 15) is 9.90 Å². The van der Waals surface area contributed by atoms with Crippen molar-refractivity contribution in [3.05, 3.63) is 24.3 Å². The van der Waals surface area contributed by atoms with Crippen LogP contribution in [0.4, 0.5) is 11.4 Å². The Morgan fingerprint density at radius 2 is 1.85 bits per heavy atom. The van der Waals surface area contributed by atoms with Crippen LogP contribution in [-0.4, -0.2) is 23.7 Å². The van der Waals surface area contributed by atoms with E-state index in [1.807, 2.05) is 29.2 Å². The number of hydrogen-bond donors (Lipinski definition) is 2. The van der Waals surface area contributed by atoms with Gasteiger partial charge >= 0.3 is 5.97 Å². The van der Waals surface area contributed by atoms with Crippen molar-refractivity contribution in [1.29, 1.82) is 0 Å². The molecule has 0 spiro atoms. The largest absolute Gasteiger partial charge is 0.480 e. The van der Waals surface area contributed by atoms with Crippen molar-refractivity contribution in [2.75, 3.05) is 17.2 Å². The number of carboxylic acids is 1. The molecular weight excluding hydrogens is 252 g/mol. The minimum absolute atomic E-state index is 0.0122. The van der Waals surface area contributed by atoms with Gasteiger partial charge < -0.3 is 15.7 Å². The number of nitrogen functional groups attached to an aromatic ring is 1. The highest BCUT2D eigenvalue weighted by molar-refractivity contribution is 5.77. The molecule has 0 heterocycles. The van der Waals surface area contributed by atoms with E-state index in [4.69, 9.17) is 5.73 Å². The Balaban J connectivity index is 2.28. The van der Waals surface area contributed by atoms with Crippen LogP contribution >= 0.6 is 0 Å². The van der Waals surface area contributed by atoms with Gasteiger partial charge in [0.05, 0.1) is 11.4 Å². The molecule has 0 amide bonds. The number of carboxylic acid groups (broad SMARTS) is 1. The summed E-state index contributed by atoms with van der Waals surface area (Å²) in [5.41, 5.74) is 7.54. The van der Waals surface area contributed by atoms with Gasteiger partial charge in [-0.25, -0.2) is 0 Å². The Morgan fingerprint density at radius 3 is 2.40 bits per heavy atom. The molecule has 20 heavy (non-hydrogen) atoms. The SMILES string of the molecule is CC1CC(C)CC(N(CC(=O)O)c2ccccc2N)C1. The third-order valence-electron chi connectivity index (χ3n) is 4.15. The highest BCUT2D eigenvalue weighted by Crippen LogP contribution is 2.35. The van der Waals surface area contributed by atoms with Crippen LogP contribution in [0.3, 0.4) is 0 Å². The molecule has 3 N–H and O–H groups in total. The summed E-state index contributed by atoms with van der Waals surface area (Å²) in [5.74, 6) is 0.453. The second kappa shape index (κ2) is 6.16. The maximum atomic E-state index is 11.2. The van der Waals surface area contributed by atoms with E-state index in [1.165, 1.54) is 6.42 Å². The van der Waals surface area contributed by atoms with Gasteiger partial charge in [-0.3, -0.25) is 4.79 Å². The maximum absolute atomic E-state index is 11.2. The molecule has 1 aliphatic rings. The lowest BCUT2D eigenvalue weighted by Gasteiger charge is -2.40. The lowest BCUT2D eigenvalue weighted by molar-refractivity contribution is -0.135. The average Bonchev–Trinajstić information content (AvgIpc) is 2.35. The second-order valence-electron chi connectivity index (χ2n) is 6.15. The molecule has 0 radical (unpaired) electrons.